The van der Waals surface area contributed by atoms with Crippen molar-refractivity contribution in [3.05, 3.63) is 0 Å². The highest BCUT2D eigenvalue weighted by atomic mass is 32.2. The zero-order chi connectivity index (χ0) is 8.15. The van der Waals surface area contributed by atoms with E-state index < -0.39 is 23.7 Å². The highest BCUT2D eigenvalue weighted by molar-refractivity contribution is 7.74. The van der Waals surface area contributed by atoms with Gasteiger partial charge in [-0.3, -0.25) is 4.55 Å². The summed E-state index contributed by atoms with van der Waals surface area (Å²) in [7, 11) is 0.929. The van der Waals surface area contributed by atoms with Crippen molar-refractivity contribution in [1.29, 1.82) is 0 Å². The van der Waals surface area contributed by atoms with Crippen molar-refractivity contribution in [2.75, 3.05) is 7.11 Å². The van der Waals surface area contributed by atoms with Gasteiger partial charge in [-0.05, 0) is 0 Å². The van der Waals surface area contributed by atoms with Crippen LogP contribution >= 0.6 is 0 Å². The normalized spacial score (nSPS) is 15.9. The van der Waals surface area contributed by atoms with Gasteiger partial charge in [0.15, 0.2) is 0 Å². The number of rotatable bonds is 3. The topological polar surface area (TPSA) is 72.8 Å². The van der Waals surface area contributed by atoms with Crippen molar-refractivity contribution in [3.8, 4) is 0 Å². The molecular weight excluding hydrogens is 167 g/mol. The van der Waals surface area contributed by atoms with Gasteiger partial charge in [0.25, 0.3) is 0 Å². The van der Waals surface area contributed by atoms with E-state index in [9.17, 15) is 13.4 Å². The van der Waals surface area contributed by atoms with Crippen LogP contribution in [0.2, 0.25) is 0 Å². The third kappa shape index (κ3) is 3.49. The van der Waals surface area contributed by atoms with E-state index in [0.29, 0.717) is 0 Å². The van der Waals surface area contributed by atoms with E-state index in [1.54, 1.807) is 0 Å². The van der Waals surface area contributed by atoms with Gasteiger partial charge < -0.3 is 4.74 Å². The van der Waals surface area contributed by atoms with Crippen LogP contribution in [-0.4, -0.2) is 28.2 Å². The SMILES string of the molecule is COC(=O)C(F)OS(=O)O. The average molecular weight is 172 g/mol. The van der Waals surface area contributed by atoms with Gasteiger partial charge in [-0.25, -0.2) is 13.4 Å². The van der Waals surface area contributed by atoms with Gasteiger partial charge >= 0.3 is 23.7 Å². The molecule has 0 fully saturated rings. The minimum Gasteiger partial charge on any atom is -0.465 e. The van der Waals surface area contributed by atoms with Crippen LogP contribution < -0.4 is 0 Å². The summed E-state index contributed by atoms with van der Waals surface area (Å²) < 4.78 is 36.9. The molecule has 0 spiro atoms. The Morgan fingerprint density at radius 3 is 2.60 bits per heavy atom. The van der Waals surface area contributed by atoms with Crippen LogP contribution in [0.4, 0.5) is 4.39 Å². The van der Waals surface area contributed by atoms with Gasteiger partial charge in [-0.1, -0.05) is 0 Å². The third-order valence-corrected chi connectivity index (χ3v) is 0.887. The quantitative estimate of drug-likeness (QED) is 0.463. The summed E-state index contributed by atoms with van der Waals surface area (Å²) >= 11 is -2.79. The van der Waals surface area contributed by atoms with E-state index in [1.807, 2.05) is 0 Å². The summed E-state index contributed by atoms with van der Waals surface area (Å²) in [6, 6.07) is 0. The van der Waals surface area contributed by atoms with Gasteiger partial charge in [-0.15, -0.1) is 0 Å². The number of hydrogen-bond donors (Lipinski definition) is 1. The summed E-state index contributed by atoms with van der Waals surface area (Å²) in [5, 5.41) is 0. The van der Waals surface area contributed by atoms with Crippen LogP contribution in [0.1, 0.15) is 0 Å². The summed E-state index contributed by atoms with van der Waals surface area (Å²) in [4.78, 5) is 10.1. The molecule has 2 atom stereocenters. The fourth-order valence-electron chi connectivity index (χ4n) is 0.204. The Kier molecular flexibility index (Phi) is 4.08. The van der Waals surface area contributed by atoms with Crippen molar-refractivity contribution in [3.63, 3.8) is 0 Å². The molecule has 60 valence electrons. The Morgan fingerprint density at radius 2 is 2.30 bits per heavy atom. The van der Waals surface area contributed by atoms with Crippen molar-refractivity contribution in [1.82, 2.24) is 0 Å². The first-order chi connectivity index (χ1) is 4.57. The molecule has 0 saturated carbocycles. The molecule has 0 rings (SSSR count). The molecule has 0 amide bonds. The van der Waals surface area contributed by atoms with E-state index in [2.05, 4.69) is 8.92 Å². The van der Waals surface area contributed by atoms with Crippen molar-refractivity contribution >= 4 is 17.3 Å². The number of hydrogen-bond acceptors (Lipinski definition) is 4. The summed E-state index contributed by atoms with van der Waals surface area (Å²) in [6.45, 7) is 0. The smallest absolute Gasteiger partial charge is 0.369 e. The molecule has 0 aliphatic rings. The van der Waals surface area contributed by atoms with Crippen molar-refractivity contribution in [2.24, 2.45) is 0 Å². The zero-order valence-corrected chi connectivity index (χ0v) is 5.76. The molecule has 0 aliphatic carbocycles. The van der Waals surface area contributed by atoms with Crippen LogP contribution in [0, 0.1) is 0 Å². The molecule has 0 aromatic carbocycles. The molecule has 0 bridgehead atoms. The first kappa shape index (κ1) is 9.47. The fraction of sp³-hybridized carbons (Fsp3) is 0.667. The molecule has 0 aromatic rings. The van der Waals surface area contributed by atoms with E-state index >= 15 is 0 Å². The highest BCUT2D eigenvalue weighted by Crippen LogP contribution is 1.97. The number of esters is 1. The number of carbonyl (C=O) groups excluding carboxylic acids is 1. The van der Waals surface area contributed by atoms with Crippen molar-refractivity contribution < 1.29 is 26.9 Å². The monoisotopic (exact) mass is 172 g/mol. The number of alkyl halides is 1. The highest BCUT2D eigenvalue weighted by Gasteiger charge is 2.20. The minimum atomic E-state index is -2.79. The van der Waals surface area contributed by atoms with Crippen LogP contribution in [0.25, 0.3) is 0 Å². The van der Waals surface area contributed by atoms with E-state index in [0.717, 1.165) is 7.11 Å². The maximum absolute atomic E-state index is 12.0. The molecule has 0 aliphatic heterocycles. The van der Waals surface area contributed by atoms with Gasteiger partial charge in [0.05, 0.1) is 7.11 Å². The summed E-state index contributed by atoms with van der Waals surface area (Å²) in [6.07, 6.45) is -2.50. The molecule has 0 heterocycles. The number of carbonyl (C=O) groups is 1. The Balaban J connectivity index is 3.72. The Morgan fingerprint density at radius 1 is 1.80 bits per heavy atom. The zero-order valence-electron chi connectivity index (χ0n) is 4.94. The lowest BCUT2D eigenvalue weighted by molar-refractivity contribution is -0.156. The molecule has 5 nitrogen and oxygen atoms in total. The van der Waals surface area contributed by atoms with Gasteiger partial charge in [-0.2, -0.15) is 4.21 Å². The lowest BCUT2D eigenvalue weighted by Gasteiger charge is -2.01. The molecule has 0 saturated heterocycles. The van der Waals surface area contributed by atoms with Gasteiger partial charge in [0.2, 0.25) is 0 Å². The lowest BCUT2D eigenvalue weighted by atomic mass is 10.7. The minimum absolute atomic E-state index is 0.929. The van der Waals surface area contributed by atoms with E-state index in [4.69, 9.17) is 4.55 Å². The van der Waals surface area contributed by atoms with Crippen LogP contribution in [0.15, 0.2) is 0 Å². The molecule has 0 radical (unpaired) electrons. The standard InChI is InChI=1S/C3H5FO5S/c1-8-3(5)2(4)9-10(6)7/h2H,1H3,(H,6,7). The van der Waals surface area contributed by atoms with Gasteiger partial charge in [0, 0.05) is 0 Å². The lowest BCUT2D eigenvalue weighted by Crippen LogP contribution is -2.21. The first-order valence-electron chi connectivity index (χ1n) is 2.07. The molecule has 1 N–H and O–H groups in total. The molecule has 2 unspecified atom stereocenters. The number of halogens is 1. The predicted molar refractivity (Wildman–Crippen MR) is 28.8 cm³/mol. The second kappa shape index (κ2) is 4.31. The fourth-order valence-corrected chi connectivity index (χ4v) is 0.427. The second-order valence-corrected chi connectivity index (χ2v) is 1.78. The number of methoxy groups -OCH3 is 1. The van der Waals surface area contributed by atoms with E-state index in [1.165, 1.54) is 0 Å². The molecule has 10 heavy (non-hydrogen) atoms. The Hall–Kier alpha value is -0.530. The molecule has 7 heteroatoms. The van der Waals surface area contributed by atoms with Gasteiger partial charge in [0.1, 0.15) is 0 Å². The number of ether oxygens (including phenoxy) is 1. The maximum Gasteiger partial charge on any atom is 0.369 e. The molecular formula is C3H5FO5S. The van der Waals surface area contributed by atoms with Crippen molar-refractivity contribution in [2.45, 2.75) is 6.36 Å². The summed E-state index contributed by atoms with van der Waals surface area (Å²) in [5.41, 5.74) is 0. The van der Waals surface area contributed by atoms with Crippen LogP contribution in [0.3, 0.4) is 0 Å². The Bertz CT molecular complexity index is 148. The Labute approximate surface area is 58.6 Å². The third-order valence-electron chi connectivity index (χ3n) is 0.553. The van der Waals surface area contributed by atoms with Crippen LogP contribution in [0.5, 0.6) is 0 Å². The summed E-state index contributed by atoms with van der Waals surface area (Å²) in [5.74, 6) is -1.34. The molecule has 0 aromatic heterocycles. The van der Waals surface area contributed by atoms with Crippen LogP contribution in [-0.2, 0) is 25.1 Å². The maximum atomic E-state index is 12.0. The average Bonchev–Trinajstić information content (AvgIpc) is 1.85. The second-order valence-electron chi connectivity index (χ2n) is 1.15. The van der Waals surface area contributed by atoms with E-state index in [-0.39, 0.29) is 0 Å². The largest absolute Gasteiger partial charge is 0.465 e. The first-order valence-corrected chi connectivity index (χ1v) is 3.11. The predicted octanol–water partition coefficient (Wildman–Crippen LogP) is -0.392.